The molecule has 0 aliphatic heterocycles. The summed E-state index contributed by atoms with van der Waals surface area (Å²) in [5, 5.41) is 36.0. The van der Waals surface area contributed by atoms with Gasteiger partial charge in [-0.15, -0.1) is 0 Å². The molecular formula is C39H40N4O10. The maximum absolute atomic E-state index is 11.1. The molecule has 2 heterocycles. The lowest BCUT2D eigenvalue weighted by Gasteiger charge is -2.07. The van der Waals surface area contributed by atoms with Gasteiger partial charge in [0, 0.05) is 24.8 Å². The second kappa shape index (κ2) is 19.1. The molecule has 6 rings (SSSR count). The SMILES string of the molecule is CC(=O)[O-].CC(=O)[O-].O=C(O)c1ccc(OCC[n+]2c(CCCc3[nH]c4ccccc4[n+]3CCOc3ccc(C(=O)O)cc3)[nH]c3ccccc32)cc1. The van der Waals surface area contributed by atoms with Crippen molar-refractivity contribution in [3.8, 4) is 11.5 Å². The van der Waals surface area contributed by atoms with Crippen molar-refractivity contribution < 1.29 is 58.2 Å². The number of carbonyl (C=O) groups excluding carboxylic acids is 2. The van der Waals surface area contributed by atoms with Gasteiger partial charge < -0.3 is 39.5 Å². The Labute approximate surface area is 304 Å². The number of benzene rings is 4. The molecule has 0 spiro atoms. The van der Waals surface area contributed by atoms with Gasteiger partial charge in [0.25, 0.3) is 11.6 Å². The highest BCUT2D eigenvalue weighted by molar-refractivity contribution is 5.88. The third kappa shape index (κ3) is 11.7. The second-order valence-corrected chi connectivity index (χ2v) is 11.7. The molecule has 0 atom stereocenters. The van der Waals surface area contributed by atoms with Crippen molar-refractivity contribution in [3.63, 3.8) is 0 Å². The molecule has 0 bridgehead atoms. The van der Waals surface area contributed by atoms with E-state index >= 15 is 0 Å². The van der Waals surface area contributed by atoms with Crippen LogP contribution in [0.25, 0.3) is 22.1 Å². The number of aliphatic carboxylic acids is 2. The van der Waals surface area contributed by atoms with Crippen LogP contribution in [0.3, 0.4) is 0 Å². The van der Waals surface area contributed by atoms with Gasteiger partial charge >= 0.3 is 11.9 Å². The van der Waals surface area contributed by atoms with Crippen LogP contribution in [0.5, 0.6) is 11.5 Å². The molecule has 14 nitrogen and oxygen atoms in total. The molecule has 0 aliphatic rings. The van der Waals surface area contributed by atoms with Crippen molar-refractivity contribution in [1.82, 2.24) is 9.97 Å². The van der Waals surface area contributed by atoms with Crippen LogP contribution in [-0.2, 0) is 35.5 Å². The van der Waals surface area contributed by atoms with Gasteiger partial charge in [0.2, 0.25) is 0 Å². The summed E-state index contributed by atoms with van der Waals surface area (Å²) in [4.78, 5) is 47.2. The molecule has 0 saturated carbocycles. The first-order valence-corrected chi connectivity index (χ1v) is 16.7. The number of carboxylic acid groups (broad SMARTS) is 4. The summed E-state index contributed by atoms with van der Waals surface area (Å²) >= 11 is 0. The number of aryl methyl sites for hydroxylation is 2. The van der Waals surface area contributed by atoms with Gasteiger partial charge in [0.05, 0.1) is 11.1 Å². The summed E-state index contributed by atoms with van der Waals surface area (Å²) in [6.45, 7) is 4.09. The van der Waals surface area contributed by atoms with E-state index in [4.69, 9.17) is 39.5 Å². The predicted octanol–water partition coefficient (Wildman–Crippen LogP) is 2.47. The number of carboxylic acids is 4. The highest BCUT2D eigenvalue weighted by Crippen LogP contribution is 2.16. The molecule has 2 aromatic heterocycles. The number of H-pyrrole nitrogens is 2. The zero-order chi connectivity index (χ0) is 38.3. The van der Waals surface area contributed by atoms with Gasteiger partial charge in [-0.25, -0.2) is 28.7 Å². The fraction of sp³-hybridized carbons (Fsp3) is 0.231. The Morgan fingerprint density at radius 2 is 0.925 bits per heavy atom. The maximum atomic E-state index is 11.1. The van der Waals surface area contributed by atoms with E-state index in [1.54, 1.807) is 48.5 Å². The number of aromatic nitrogens is 4. The van der Waals surface area contributed by atoms with Crippen LogP contribution in [-0.4, -0.2) is 57.3 Å². The molecule has 0 saturated heterocycles. The zero-order valence-electron chi connectivity index (χ0n) is 29.2. The number of aromatic carboxylic acids is 2. The Hall–Kier alpha value is -6.70. The van der Waals surface area contributed by atoms with Gasteiger partial charge in [-0.1, -0.05) is 24.3 Å². The normalized spacial score (nSPS) is 10.5. The minimum atomic E-state index is -1.08. The Kier molecular flexibility index (Phi) is 14.1. The first-order chi connectivity index (χ1) is 25.4. The van der Waals surface area contributed by atoms with Crippen molar-refractivity contribution in [1.29, 1.82) is 0 Å². The summed E-state index contributed by atoms with van der Waals surface area (Å²) in [6.07, 6.45) is 2.54. The molecule has 4 N–H and O–H groups in total. The molecule has 0 amide bonds. The number of aromatic amines is 2. The molecular weight excluding hydrogens is 684 g/mol. The molecule has 0 aliphatic carbocycles. The van der Waals surface area contributed by atoms with Crippen LogP contribution >= 0.6 is 0 Å². The number of nitrogens with one attached hydrogen (secondary N) is 2. The van der Waals surface area contributed by atoms with E-state index in [2.05, 4.69) is 43.4 Å². The van der Waals surface area contributed by atoms with Crippen molar-refractivity contribution >= 4 is 45.9 Å². The number of imidazole rings is 2. The number of nitrogens with zero attached hydrogens (tertiary/aromatic N) is 2. The number of fused-ring (bicyclic) bond motifs is 2. The number of hydrogen-bond donors (Lipinski definition) is 4. The van der Waals surface area contributed by atoms with Crippen LogP contribution in [0.2, 0.25) is 0 Å². The number of para-hydroxylation sites is 4. The van der Waals surface area contributed by atoms with E-state index in [9.17, 15) is 9.59 Å². The van der Waals surface area contributed by atoms with Gasteiger partial charge in [-0.3, -0.25) is 0 Å². The largest absolute Gasteiger partial charge is 0.550 e. The summed E-state index contributed by atoms with van der Waals surface area (Å²) < 4.78 is 16.4. The Balaban J connectivity index is 0.000000714. The highest BCUT2D eigenvalue weighted by atomic mass is 16.5. The molecule has 53 heavy (non-hydrogen) atoms. The maximum Gasteiger partial charge on any atom is 0.335 e. The number of rotatable bonds is 14. The summed E-state index contributed by atoms with van der Waals surface area (Å²) in [7, 11) is 0. The Bertz CT molecular complexity index is 1990. The third-order valence-corrected chi connectivity index (χ3v) is 7.80. The van der Waals surface area contributed by atoms with E-state index in [0.29, 0.717) is 37.8 Å². The smallest absolute Gasteiger partial charge is 0.335 e. The van der Waals surface area contributed by atoms with E-state index < -0.39 is 23.9 Å². The lowest BCUT2D eigenvalue weighted by atomic mass is 10.2. The second-order valence-electron chi connectivity index (χ2n) is 11.7. The number of hydrogen-bond acceptors (Lipinski definition) is 8. The third-order valence-electron chi connectivity index (χ3n) is 7.80. The topological polar surface area (TPSA) is 213 Å². The first-order valence-electron chi connectivity index (χ1n) is 16.7. The van der Waals surface area contributed by atoms with Crippen molar-refractivity contribution in [2.45, 2.75) is 46.2 Å². The standard InChI is InChI=1S/C35H32N4O6.2C2H4O2/c40-34(41)24-12-16-26(17-13-24)44-22-20-38-30-8-3-1-6-28(30)36-32(38)10-5-11-33-37-29-7-2-4-9-31(29)39(33)21-23-45-27-18-14-25(15-19-27)35(42)43;2*1-2(3)4/h1-4,6-9,12-19H,5,10-11,20-23H2,(H2,40,41,42,43);2*1H3,(H,3,4). The van der Waals surface area contributed by atoms with Crippen molar-refractivity contribution in [2.75, 3.05) is 13.2 Å². The zero-order valence-corrected chi connectivity index (χ0v) is 29.2. The Morgan fingerprint density at radius 1 is 0.585 bits per heavy atom. The quantitative estimate of drug-likeness (QED) is 0.121. The van der Waals surface area contributed by atoms with Crippen LogP contribution in [0, 0.1) is 0 Å². The van der Waals surface area contributed by atoms with Crippen LogP contribution in [0.4, 0.5) is 0 Å². The highest BCUT2D eigenvalue weighted by Gasteiger charge is 2.21. The van der Waals surface area contributed by atoms with E-state index in [0.717, 1.165) is 66.8 Å². The molecule has 0 unspecified atom stereocenters. The van der Waals surface area contributed by atoms with Gasteiger partial charge in [-0.2, -0.15) is 0 Å². The summed E-state index contributed by atoms with van der Waals surface area (Å²) in [5.41, 5.74) is 4.79. The fourth-order valence-corrected chi connectivity index (χ4v) is 5.59. The average molecular weight is 725 g/mol. The lowest BCUT2D eigenvalue weighted by Crippen LogP contribution is -2.41. The first kappa shape index (κ1) is 39.1. The average Bonchev–Trinajstić information content (AvgIpc) is 3.65. The van der Waals surface area contributed by atoms with E-state index in [1.807, 2.05) is 24.3 Å². The monoisotopic (exact) mass is 724 g/mol. The summed E-state index contributed by atoms with van der Waals surface area (Å²) in [6, 6.07) is 29.3. The lowest BCUT2D eigenvalue weighted by molar-refractivity contribution is -0.680. The number of carbonyl (C=O) groups is 4. The van der Waals surface area contributed by atoms with Crippen LogP contribution in [0.1, 0.15) is 52.6 Å². The molecule has 6 aromatic rings. The van der Waals surface area contributed by atoms with Crippen molar-refractivity contribution in [2.24, 2.45) is 0 Å². The Morgan fingerprint density at radius 3 is 1.26 bits per heavy atom. The summed E-state index contributed by atoms with van der Waals surface area (Å²) in [5.74, 6) is -0.611. The van der Waals surface area contributed by atoms with Gasteiger partial charge in [-0.05, 0) is 93.1 Å². The predicted molar refractivity (Wildman–Crippen MR) is 188 cm³/mol. The van der Waals surface area contributed by atoms with Gasteiger partial charge in [0.1, 0.15) is 37.8 Å². The molecule has 4 aromatic carbocycles. The fourth-order valence-electron chi connectivity index (χ4n) is 5.59. The molecule has 14 heteroatoms. The van der Waals surface area contributed by atoms with E-state index in [1.165, 1.54) is 0 Å². The minimum Gasteiger partial charge on any atom is -0.550 e. The van der Waals surface area contributed by atoms with Gasteiger partial charge in [0.15, 0.2) is 22.1 Å². The molecule has 0 fully saturated rings. The van der Waals surface area contributed by atoms with Crippen LogP contribution < -0.4 is 28.8 Å². The number of ether oxygens (including phenoxy) is 2. The molecule has 0 radical (unpaired) electrons. The van der Waals surface area contributed by atoms with E-state index in [-0.39, 0.29) is 11.1 Å². The van der Waals surface area contributed by atoms with Crippen molar-refractivity contribution in [3.05, 3.63) is 120 Å². The molecule has 276 valence electrons. The minimum absolute atomic E-state index is 0.228. The van der Waals surface area contributed by atoms with Crippen LogP contribution in [0.15, 0.2) is 97.1 Å².